The number of piperidine rings is 1. The van der Waals surface area contributed by atoms with Crippen molar-refractivity contribution in [3.8, 4) is 0 Å². The summed E-state index contributed by atoms with van der Waals surface area (Å²) in [6.45, 7) is 2.99. The van der Waals surface area contributed by atoms with Gasteiger partial charge in [-0.2, -0.15) is 0 Å². The Kier molecular flexibility index (Phi) is 3.78. The predicted octanol–water partition coefficient (Wildman–Crippen LogP) is -0.528. The fraction of sp³-hybridized carbons (Fsp3) is 0.909. The minimum Gasteiger partial charge on any atom is -0.481 e. The molecule has 5 nitrogen and oxygen atoms in total. The number of rotatable bonds is 5. The molecular weight excluding hydrogens is 206 g/mol. The van der Waals surface area contributed by atoms with E-state index in [2.05, 4.69) is 10.2 Å². The number of carboxylic acid groups (broad SMARTS) is 1. The highest BCUT2D eigenvalue weighted by Gasteiger charge is 2.33. The Morgan fingerprint density at radius 3 is 2.69 bits per heavy atom. The minimum atomic E-state index is -0.677. The summed E-state index contributed by atoms with van der Waals surface area (Å²) in [6.07, 6.45) is 3.24. The monoisotopic (exact) mass is 227 g/mol. The first kappa shape index (κ1) is 11.8. The third kappa shape index (κ3) is 3.17. The van der Waals surface area contributed by atoms with E-state index in [1.54, 1.807) is 0 Å². The van der Waals surface area contributed by atoms with E-state index in [1.807, 2.05) is 0 Å². The van der Waals surface area contributed by atoms with E-state index in [1.165, 1.54) is 12.8 Å². The van der Waals surface area contributed by atoms with Gasteiger partial charge < -0.3 is 16.2 Å². The van der Waals surface area contributed by atoms with Gasteiger partial charge in [-0.1, -0.05) is 0 Å². The molecule has 0 aromatic rings. The number of hydrogen-bond acceptors (Lipinski definition) is 4. The average molecular weight is 227 g/mol. The van der Waals surface area contributed by atoms with Crippen molar-refractivity contribution in [2.45, 2.75) is 31.3 Å². The van der Waals surface area contributed by atoms with Crippen LogP contribution >= 0.6 is 0 Å². The van der Waals surface area contributed by atoms with Crippen molar-refractivity contribution in [3.05, 3.63) is 0 Å². The van der Waals surface area contributed by atoms with Gasteiger partial charge in [0.25, 0.3) is 0 Å². The summed E-state index contributed by atoms with van der Waals surface area (Å²) in [4.78, 5) is 13.2. The van der Waals surface area contributed by atoms with Gasteiger partial charge in [-0.25, -0.2) is 0 Å². The maximum Gasteiger partial charge on any atom is 0.307 e. The van der Waals surface area contributed by atoms with E-state index in [9.17, 15) is 4.79 Å². The van der Waals surface area contributed by atoms with Crippen LogP contribution in [0.2, 0.25) is 0 Å². The summed E-state index contributed by atoms with van der Waals surface area (Å²) in [5.74, 6) is -0.916. The van der Waals surface area contributed by atoms with Gasteiger partial charge >= 0.3 is 5.97 Å². The molecule has 0 aromatic carbocycles. The standard InChI is InChI=1S/C11H21N3O2/c12-3-4-14-6-8(11(15)16)5-10(7-14)13-9-1-2-9/h8-10,13H,1-7,12H2,(H,15,16). The van der Waals surface area contributed by atoms with Gasteiger partial charge in [-0.3, -0.25) is 9.69 Å². The lowest BCUT2D eigenvalue weighted by Crippen LogP contribution is -2.52. The Labute approximate surface area is 96.0 Å². The van der Waals surface area contributed by atoms with Crippen LogP contribution in [-0.4, -0.2) is 54.2 Å². The predicted molar refractivity (Wildman–Crippen MR) is 61.2 cm³/mol. The van der Waals surface area contributed by atoms with Crippen LogP contribution in [0.5, 0.6) is 0 Å². The maximum absolute atomic E-state index is 11.1. The number of likely N-dealkylation sites (tertiary alicyclic amines) is 1. The normalized spacial score (nSPS) is 31.6. The molecule has 1 aliphatic heterocycles. The van der Waals surface area contributed by atoms with E-state index < -0.39 is 5.97 Å². The van der Waals surface area contributed by atoms with Crippen molar-refractivity contribution < 1.29 is 9.90 Å². The summed E-state index contributed by atoms with van der Waals surface area (Å²) in [5, 5.41) is 12.6. The highest BCUT2D eigenvalue weighted by atomic mass is 16.4. The zero-order chi connectivity index (χ0) is 11.5. The second kappa shape index (κ2) is 5.12. The van der Waals surface area contributed by atoms with Gasteiger partial charge in [0.05, 0.1) is 5.92 Å². The molecule has 0 aromatic heterocycles. The van der Waals surface area contributed by atoms with Crippen molar-refractivity contribution in [3.63, 3.8) is 0 Å². The summed E-state index contributed by atoms with van der Waals surface area (Å²) in [7, 11) is 0. The van der Waals surface area contributed by atoms with Crippen molar-refractivity contribution in [2.24, 2.45) is 11.7 Å². The summed E-state index contributed by atoms with van der Waals surface area (Å²) >= 11 is 0. The van der Waals surface area contributed by atoms with Crippen molar-refractivity contribution in [2.75, 3.05) is 26.2 Å². The zero-order valence-electron chi connectivity index (χ0n) is 9.56. The molecule has 5 heteroatoms. The van der Waals surface area contributed by atoms with E-state index in [0.29, 0.717) is 25.2 Å². The Bertz CT molecular complexity index is 256. The SMILES string of the molecule is NCCN1CC(NC2CC2)CC(C(=O)O)C1. The van der Waals surface area contributed by atoms with Gasteiger partial charge in [-0.15, -0.1) is 0 Å². The van der Waals surface area contributed by atoms with Crippen LogP contribution < -0.4 is 11.1 Å². The molecule has 92 valence electrons. The van der Waals surface area contributed by atoms with E-state index in [4.69, 9.17) is 10.8 Å². The molecule has 1 aliphatic carbocycles. The van der Waals surface area contributed by atoms with E-state index in [0.717, 1.165) is 19.5 Å². The molecule has 1 saturated carbocycles. The molecule has 1 saturated heterocycles. The molecule has 2 rings (SSSR count). The zero-order valence-corrected chi connectivity index (χ0v) is 9.56. The molecule has 2 atom stereocenters. The lowest BCUT2D eigenvalue weighted by atomic mass is 9.94. The number of carbonyl (C=O) groups is 1. The largest absolute Gasteiger partial charge is 0.481 e. The van der Waals surface area contributed by atoms with Crippen LogP contribution in [0.1, 0.15) is 19.3 Å². The van der Waals surface area contributed by atoms with Crippen LogP contribution in [0.3, 0.4) is 0 Å². The van der Waals surface area contributed by atoms with Crippen molar-refractivity contribution in [1.82, 2.24) is 10.2 Å². The summed E-state index contributed by atoms with van der Waals surface area (Å²) in [5.41, 5.74) is 5.53. The highest BCUT2D eigenvalue weighted by Crippen LogP contribution is 2.23. The first-order valence-electron chi connectivity index (χ1n) is 6.10. The molecule has 0 bridgehead atoms. The summed E-state index contributed by atoms with van der Waals surface area (Å²) < 4.78 is 0. The van der Waals surface area contributed by atoms with Crippen LogP contribution in [0.25, 0.3) is 0 Å². The van der Waals surface area contributed by atoms with Crippen LogP contribution in [0, 0.1) is 5.92 Å². The molecule has 2 unspecified atom stereocenters. The number of nitrogens with two attached hydrogens (primary N) is 1. The van der Waals surface area contributed by atoms with Crippen molar-refractivity contribution in [1.29, 1.82) is 0 Å². The average Bonchev–Trinajstić information content (AvgIpc) is 3.01. The lowest BCUT2D eigenvalue weighted by molar-refractivity contribution is -0.144. The maximum atomic E-state index is 11.1. The summed E-state index contributed by atoms with van der Waals surface area (Å²) in [6, 6.07) is 0.964. The number of hydrogen-bond donors (Lipinski definition) is 3. The number of nitrogens with zero attached hydrogens (tertiary/aromatic N) is 1. The minimum absolute atomic E-state index is 0.239. The molecular formula is C11H21N3O2. The molecule has 16 heavy (non-hydrogen) atoms. The van der Waals surface area contributed by atoms with Crippen LogP contribution in [0.4, 0.5) is 0 Å². The molecule has 0 spiro atoms. The van der Waals surface area contributed by atoms with Crippen molar-refractivity contribution >= 4 is 5.97 Å². The van der Waals surface area contributed by atoms with Crippen LogP contribution in [-0.2, 0) is 4.79 Å². The first-order valence-corrected chi connectivity index (χ1v) is 6.10. The Morgan fingerprint density at radius 2 is 2.12 bits per heavy atom. The second-order valence-corrected chi connectivity index (χ2v) is 4.96. The van der Waals surface area contributed by atoms with Crippen LogP contribution in [0.15, 0.2) is 0 Å². The Balaban J connectivity index is 1.89. The lowest BCUT2D eigenvalue weighted by Gasteiger charge is -2.36. The Morgan fingerprint density at radius 1 is 1.38 bits per heavy atom. The number of nitrogens with one attached hydrogen (secondary N) is 1. The fourth-order valence-corrected chi connectivity index (χ4v) is 2.44. The van der Waals surface area contributed by atoms with E-state index >= 15 is 0 Å². The molecule has 2 aliphatic rings. The van der Waals surface area contributed by atoms with E-state index in [-0.39, 0.29) is 5.92 Å². The fourth-order valence-electron chi connectivity index (χ4n) is 2.44. The van der Waals surface area contributed by atoms with Gasteiger partial charge in [0, 0.05) is 38.3 Å². The third-order valence-corrected chi connectivity index (χ3v) is 3.37. The van der Waals surface area contributed by atoms with Gasteiger partial charge in [0.15, 0.2) is 0 Å². The number of carboxylic acids is 1. The molecule has 1 heterocycles. The molecule has 2 fully saturated rings. The molecule has 0 amide bonds. The quantitative estimate of drug-likeness (QED) is 0.588. The molecule has 4 N–H and O–H groups in total. The van der Waals surface area contributed by atoms with Gasteiger partial charge in [0.2, 0.25) is 0 Å². The smallest absolute Gasteiger partial charge is 0.307 e. The van der Waals surface area contributed by atoms with Gasteiger partial charge in [0.1, 0.15) is 0 Å². The second-order valence-electron chi connectivity index (χ2n) is 4.96. The third-order valence-electron chi connectivity index (χ3n) is 3.37. The highest BCUT2D eigenvalue weighted by molar-refractivity contribution is 5.70. The Hall–Kier alpha value is -0.650. The van der Waals surface area contributed by atoms with Gasteiger partial charge in [-0.05, 0) is 19.3 Å². The topological polar surface area (TPSA) is 78.6 Å². The first-order chi connectivity index (χ1) is 7.69. The number of aliphatic carboxylic acids is 1. The molecule has 0 radical (unpaired) electrons.